The molecule has 0 radical (unpaired) electrons. The van der Waals surface area contributed by atoms with Gasteiger partial charge in [-0.3, -0.25) is 0 Å². The maximum atomic E-state index is 13.1. The van der Waals surface area contributed by atoms with E-state index in [1.54, 1.807) is 6.92 Å². The van der Waals surface area contributed by atoms with Gasteiger partial charge in [0, 0.05) is 12.6 Å². The Kier molecular flexibility index (Phi) is 5.31. The summed E-state index contributed by atoms with van der Waals surface area (Å²) in [6.45, 7) is 1.83. The lowest BCUT2D eigenvalue weighted by molar-refractivity contribution is -0.141. The predicted octanol–water partition coefficient (Wildman–Crippen LogP) is 5.34. The maximum absolute atomic E-state index is 13.1. The highest BCUT2D eigenvalue weighted by Gasteiger charge is 2.36. The molecular weight excluding hydrogens is 374 g/mol. The third kappa shape index (κ3) is 4.65. The van der Waals surface area contributed by atoms with Gasteiger partial charge in [0.1, 0.15) is 5.82 Å². The Morgan fingerprint density at radius 3 is 2.28 bits per heavy atom. The van der Waals surface area contributed by atoms with Crippen molar-refractivity contribution in [2.75, 3.05) is 17.2 Å². The van der Waals surface area contributed by atoms with Gasteiger partial charge < -0.3 is 10.6 Å². The summed E-state index contributed by atoms with van der Waals surface area (Å²) < 4.78 is 78.0. The van der Waals surface area contributed by atoms with Crippen molar-refractivity contribution < 1.29 is 26.3 Å². The first-order valence-corrected chi connectivity index (χ1v) is 7.23. The van der Waals surface area contributed by atoms with Gasteiger partial charge in [-0.05, 0) is 19.1 Å². The zero-order chi connectivity index (χ0) is 18.8. The number of hydrogen-bond acceptors (Lipinski definition) is 4. The first-order chi connectivity index (χ1) is 11.5. The largest absolute Gasteiger partial charge is 0.433 e. The van der Waals surface area contributed by atoms with Crippen molar-refractivity contribution in [2.24, 2.45) is 0 Å². The summed E-state index contributed by atoms with van der Waals surface area (Å²) in [6.07, 6.45) is -9.55. The van der Waals surface area contributed by atoms with Crippen LogP contribution in [-0.4, -0.2) is 16.5 Å². The van der Waals surface area contributed by atoms with E-state index in [1.807, 2.05) is 0 Å². The smallest absolute Gasteiger partial charge is 0.354 e. The second-order valence-corrected chi connectivity index (χ2v) is 5.18. The van der Waals surface area contributed by atoms with Gasteiger partial charge in [-0.25, -0.2) is 4.98 Å². The Hall–Kier alpha value is -2.23. The van der Waals surface area contributed by atoms with E-state index in [0.29, 0.717) is 6.07 Å². The summed E-state index contributed by atoms with van der Waals surface area (Å²) in [5.41, 5.74) is -3.02. The van der Waals surface area contributed by atoms with Gasteiger partial charge in [-0.1, -0.05) is 17.7 Å². The number of nitrogens with zero attached hydrogens (tertiary/aromatic N) is 2. The molecule has 0 saturated heterocycles. The third-order valence-corrected chi connectivity index (χ3v) is 3.24. The van der Waals surface area contributed by atoms with E-state index in [-0.39, 0.29) is 17.5 Å². The minimum atomic E-state index is -4.79. The van der Waals surface area contributed by atoms with Crippen LogP contribution in [0.1, 0.15) is 18.2 Å². The molecule has 2 rings (SSSR count). The molecule has 2 aromatic rings. The summed E-state index contributed by atoms with van der Waals surface area (Å²) in [7, 11) is 0. The topological polar surface area (TPSA) is 49.8 Å². The van der Waals surface area contributed by atoms with E-state index in [0.717, 1.165) is 12.1 Å². The molecule has 0 aliphatic rings. The standard InChI is InChI=1S/C14H11ClF6N4/c1-2-22-12-23-9(14(19,20)21)6-10(25-12)24-11-7(13(16,17)18)4-3-5-8(11)15/h3-6H,2H2,1H3,(H2,22,23,24,25). The molecule has 0 saturated carbocycles. The molecule has 2 N–H and O–H groups in total. The molecule has 0 spiro atoms. The third-order valence-electron chi connectivity index (χ3n) is 2.92. The highest BCUT2D eigenvalue weighted by Crippen LogP contribution is 2.40. The number of para-hydroxylation sites is 1. The minimum absolute atomic E-state index is 0.223. The van der Waals surface area contributed by atoms with Gasteiger partial charge in [-0.15, -0.1) is 0 Å². The second kappa shape index (κ2) is 6.95. The van der Waals surface area contributed by atoms with E-state index < -0.39 is 35.1 Å². The normalized spacial score (nSPS) is 12.2. The van der Waals surface area contributed by atoms with Crippen molar-refractivity contribution in [3.63, 3.8) is 0 Å². The lowest BCUT2D eigenvalue weighted by atomic mass is 10.1. The number of hydrogen-bond donors (Lipinski definition) is 2. The van der Waals surface area contributed by atoms with Gasteiger partial charge in [0.2, 0.25) is 5.95 Å². The van der Waals surface area contributed by atoms with Crippen molar-refractivity contribution in [3.05, 3.63) is 40.5 Å². The summed E-state index contributed by atoms with van der Waals surface area (Å²) in [5.74, 6) is -0.850. The monoisotopic (exact) mass is 384 g/mol. The first-order valence-electron chi connectivity index (χ1n) is 6.85. The Balaban J connectivity index is 2.52. The van der Waals surface area contributed by atoms with Gasteiger partial charge in [0.05, 0.1) is 16.3 Å². The Labute approximate surface area is 143 Å². The van der Waals surface area contributed by atoms with Crippen LogP contribution in [0, 0.1) is 0 Å². The zero-order valence-corrected chi connectivity index (χ0v) is 13.3. The lowest BCUT2D eigenvalue weighted by Crippen LogP contribution is -2.14. The van der Waals surface area contributed by atoms with Crippen molar-refractivity contribution in [1.29, 1.82) is 0 Å². The molecule has 0 unspecified atom stereocenters. The fourth-order valence-corrected chi connectivity index (χ4v) is 2.13. The molecule has 11 heteroatoms. The SMILES string of the molecule is CCNc1nc(Nc2c(Cl)cccc2C(F)(F)F)cc(C(F)(F)F)n1. The summed E-state index contributed by atoms with van der Waals surface area (Å²) in [4.78, 5) is 7.02. The number of aromatic nitrogens is 2. The highest BCUT2D eigenvalue weighted by atomic mass is 35.5. The molecule has 1 heterocycles. The molecule has 1 aromatic heterocycles. The van der Waals surface area contributed by atoms with Crippen LogP contribution in [0.2, 0.25) is 5.02 Å². The lowest BCUT2D eigenvalue weighted by Gasteiger charge is -2.17. The minimum Gasteiger partial charge on any atom is -0.354 e. The maximum Gasteiger partial charge on any atom is 0.433 e. The molecule has 0 atom stereocenters. The highest BCUT2D eigenvalue weighted by molar-refractivity contribution is 6.33. The molecule has 0 aliphatic heterocycles. The summed E-state index contributed by atoms with van der Waals surface area (Å²) >= 11 is 5.77. The van der Waals surface area contributed by atoms with E-state index in [1.165, 1.54) is 6.07 Å². The Morgan fingerprint density at radius 1 is 1.04 bits per heavy atom. The molecule has 4 nitrogen and oxygen atoms in total. The fourth-order valence-electron chi connectivity index (χ4n) is 1.91. The quantitative estimate of drug-likeness (QED) is 0.698. The number of nitrogens with one attached hydrogen (secondary N) is 2. The zero-order valence-electron chi connectivity index (χ0n) is 12.6. The number of alkyl halides is 6. The van der Waals surface area contributed by atoms with E-state index in [9.17, 15) is 26.3 Å². The molecular formula is C14H11ClF6N4. The molecule has 0 amide bonds. The van der Waals surface area contributed by atoms with E-state index in [2.05, 4.69) is 20.6 Å². The molecule has 0 fully saturated rings. The number of rotatable bonds is 4. The van der Waals surface area contributed by atoms with Gasteiger partial charge in [-0.2, -0.15) is 31.3 Å². The average Bonchev–Trinajstić information content (AvgIpc) is 2.47. The first kappa shape index (κ1) is 19.1. The van der Waals surface area contributed by atoms with Crippen LogP contribution in [0.3, 0.4) is 0 Å². The summed E-state index contributed by atoms with van der Waals surface area (Å²) in [6, 6.07) is 3.52. The number of halogens is 7. The van der Waals surface area contributed by atoms with Crippen molar-refractivity contribution in [1.82, 2.24) is 9.97 Å². The van der Waals surface area contributed by atoms with Crippen LogP contribution in [0.15, 0.2) is 24.3 Å². The van der Waals surface area contributed by atoms with Gasteiger partial charge in [0.15, 0.2) is 5.69 Å². The van der Waals surface area contributed by atoms with Crippen LogP contribution in [0.4, 0.5) is 43.8 Å². The van der Waals surface area contributed by atoms with E-state index >= 15 is 0 Å². The fraction of sp³-hybridized carbons (Fsp3) is 0.286. The van der Waals surface area contributed by atoms with Crippen molar-refractivity contribution >= 4 is 29.1 Å². The van der Waals surface area contributed by atoms with Crippen LogP contribution >= 0.6 is 11.6 Å². The van der Waals surface area contributed by atoms with Crippen LogP contribution in [0.25, 0.3) is 0 Å². The molecule has 0 bridgehead atoms. The van der Waals surface area contributed by atoms with Crippen LogP contribution < -0.4 is 10.6 Å². The van der Waals surface area contributed by atoms with Gasteiger partial charge >= 0.3 is 12.4 Å². The molecule has 25 heavy (non-hydrogen) atoms. The predicted molar refractivity (Wildman–Crippen MR) is 80.9 cm³/mol. The number of anilines is 3. The molecule has 1 aromatic carbocycles. The van der Waals surface area contributed by atoms with Crippen molar-refractivity contribution in [3.8, 4) is 0 Å². The Morgan fingerprint density at radius 2 is 1.72 bits per heavy atom. The second-order valence-electron chi connectivity index (χ2n) is 4.78. The molecule has 0 aliphatic carbocycles. The van der Waals surface area contributed by atoms with Crippen LogP contribution in [-0.2, 0) is 12.4 Å². The van der Waals surface area contributed by atoms with Gasteiger partial charge in [0.25, 0.3) is 0 Å². The van der Waals surface area contributed by atoms with Crippen molar-refractivity contribution in [2.45, 2.75) is 19.3 Å². The summed E-state index contributed by atoms with van der Waals surface area (Å²) in [5, 5.41) is 4.39. The average molecular weight is 385 g/mol. The molecule has 136 valence electrons. The number of benzene rings is 1. The van der Waals surface area contributed by atoms with E-state index in [4.69, 9.17) is 11.6 Å². The van der Waals surface area contributed by atoms with Crippen LogP contribution in [0.5, 0.6) is 0 Å². The Bertz CT molecular complexity index is 760.